The van der Waals surface area contributed by atoms with Gasteiger partial charge in [-0.15, -0.1) is 0 Å². The molecule has 1 saturated heterocycles. The highest BCUT2D eigenvalue weighted by atomic mass is 16.3. The topological polar surface area (TPSA) is 35.5 Å². The lowest BCUT2D eigenvalue weighted by Gasteiger charge is -2.37. The van der Waals surface area contributed by atoms with E-state index in [0.717, 1.165) is 24.9 Å². The molecule has 3 heteroatoms. The largest absolute Gasteiger partial charge is 0.394 e. The second-order valence-electron chi connectivity index (χ2n) is 6.38. The van der Waals surface area contributed by atoms with Crippen LogP contribution in [-0.2, 0) is 0 Å². The van der Waals surface area contributed by atoms with Gasteiger partial charge in [-0.05, 0) is 58.5 Å². The van der Waals surface area contributed by atoms with Crippen LogP contribution in [0.4, 0.5) is 0 Å². The van der Waals surface area contributed by atoms with Gasteiger partial charge in [-0.25, -0.2) is 0 Å². The Balaban J connectivity index is 2.31. The number of aliphatic hydroxyl groups excluding tert-OH is 1. The van der Waals surface area contributed by atoms with Crippen LogP contribution >= 0.6 is 0 Å². The number of likely N-dealkylation sites (tertiary alicyclic amines) is 1. The Kier molecular flexibility index (Phi) is 6.61. The number of nitrogens with zero attached hydrogens (tertiary/aromatic N) is 1. The molecule has 1 rings (SSSR count). The summed E-state index contributed by atoms with van der Waals surface area (Å²) in [6.45, 7) is 12.5. The van der Waals surface area contributed by atoms with E-state index >= 15 is 0 Å². The highest BCUT2D eigenvalue weighted by molar-refractivity contribution is 4.83. The van der Waals surface area contributed by atoms with Crippen molar-refractivity contribution in [1.29, 1.82) is 0 Å². The first-order chi connectivity index (χ1) is 8.50. The maximum absolute atomic E-state index is 9.47. The van der Waals surface area contributed by atoms with Crippen molar-refractivity contribution in [2.75, 3.05) is 26.2 Å². The summed E-state index contributed by atoms with van der Waals surface area (Å²) in [7, 11) is 0. The minimum absolute atomic E-state index is 0.0978. The molecule has 0 aromatic carbocycles. The van der Waals surface area contributed by atoms with Gasteiger partial charge in [0.05, 0.1) is 6.61 Å². The predicted octanol–water partition coefficient (Wildman–Crippen LogP) is 2.25. The molecule has 0 aromatic heterocycles. The van der Waals surface area contributed by atoms with E-state index in [1.54, 1.807) is 0 Å². The second-order valence-corrected chi connectivity index (χ2v) is 6.38. The van der Waals surface area contributed by atoms with E-state index < -0.39 is 0 Å². The third-order valence-electron chi connectivity index (χ3n) is 4.37. The van der Waals surface area contributed by atoms with Crippen molar-refractivity contribution >= 4 is 0 Å². The fourth-order valence-corrected chi connectivity index (χ4v) is 3.01. The van der Waals surface area contributed by atoms with Crippen molar-refractivity contribution in [3.05, 3.63) is 0 Å². The zero-order valence-electron chi connectivity index (χ0n) is 12.7. The number of aliphatic hydroxyl groups is 1. The third kappa shape index (κ3) is 4.87. The summed E-state index contributed by atoms with van der Waals surface area (Å²) in [5, 5.41) is 12.9. The number of hydrogen-bond donors (Lipinski definition) is 2. The van der Waals surface area contributed by atoms with Gasteiger partial charge in [-0.3, -0.25) is 0 Å². The summed E-state index contributed by atoms with van der Waals surface area (Å²) in [4.78, 5) is 2.62. The van der Waals surface area contributed by atoms with Crippen LogP contribution in [0, 0.1) is 5.92 Å². The molecule has 1 heterocycles. The van der Waals surface area contributed by atoms with Crippen molar-refractivity contribution in [3.63, 3.8) is 0 Å². The van der Waals surface area contributed by atoms with Gasteiger partial charge < -0.3 is 15.3 Å². The maximum atomic E-state index is 9.47. The Morgan fingerprint density at radius 3 is 2.67 bits per heavy atom. The van der Waals surface area contributed by atoms with Gasteiger partial charge in [0.1, 0.15) is 0 Å². The van der Waals surface area contributed by atoms with Gasteiger partial charge in [0, 0.05) is 18.1 Å². The Morgan fingerprint density at radius 2 is 2.06 bits per heavy atom. The average Bonchev–Trinajstić information content (AvgIpc) is 2.34. The molecule has 1 fully saturated rings. The number of nitrogens with one attached hydrogen (secondary N) is 1. The molecule has 3 nitrogen and oxygen atoms in total. The molecule has 3 atom stereocenters. The van der Waals surface area contributed by atoms with Crippen molar-refractivity contribution < 1.29 is 5.11 Å². The molecule has 0 bridgehead atoms. The summed E-state index contributed by atoms with van der Waals surface area (Å²) < 4.78 is 0. The minimum Gasteiger partial charge on any atom is -0.394 e. The predicted molar refractivity (Wildman–Crippen MR) is 77.8 cm³/mol. The minimum atomic E-state index is -0.0978. The van der Waals surface area contributed by atoms with Crippen LogP contribution in [0.5, 0.6) is 0 Å². The van der Waals surface area contributed by atoms with Crippen LogP contribution in [-0.4, -0.2) is 47.8 Å². The van der Waals surface area contributed by atoms with Crippen LogP contribution in [0.2, 0.25) is 0 Å². The first-order valence-electron chi connectivity index (χ1n) is 7.60. The lowest BCUT2D eigenvalue weighted by molar-refractivity contribution is 0.111. The maximum Gasteiger partial charge on any atom is 0.0610 e. The van der Waals surface area contributed by atoms with Crippen molar-refractivity contribution in [1.82, 2.24) is 10.2 Å². The Labute approximate surface area is 113 Å². The molecule has 0 saturated carbocycles. The first-order valence-corrected chi connectivity index (χ1v) is 7.60. The summed E-state index contributed by atoms with van der Waals surface area (Å²) >= 11 is 0. The van der Waals surface area contributed by atoms with Crippen LogP contribution in [0.1, 0.15) is 53.4 Å². The van der Waals surface area contributed by atoms with Gasteiger partial charge in [0.2, 0.25) is 0 Å². The zero-order valence-corrected chi connectivity index (χ0v) is 12.7. The second kappa shape index (κ2) is 7.46. The zero-order chi connectivity index (χ0) is 13.6. The van der Waals surface area contributed by atoms with Crippen molar-refractivity contribution in [2.24, 2.45) is 5.92 Å². The van der Waals surface area contributed by atoms with E-state index in [1.807, 2.05) is 0 Å². The van der Waals surface area contributed by atoms with Crippen molar-refractivity contribution in [3.8, 4) is 0 Å². The number of hydrogen-bond acceptors (Lipinski definition) is 3. The number of likely N-dealkylation sites (N-methyl/N-ethyl adjacent to an activating group) is 1. The summed E-state index contributed by atoms with van der Waals surface area (Å²) in [5.41, 5.74) is -0.0978. The Morgan fingerprint density at radius 1 is 1.33 bits per heavy atom. The van der Waals surface area contributed by atoms with Crippen LogP contribution in [0.25, 0.3) is 0 Å². The molecular formula is C15H32N2O. The number of rotatable bonds is 7. The Hall–Kier alpha value is -0.120. The van der Waals surface area contributed by atoms with E-state index in [1.165, 1.54) is 32.4 Å². The molecule has 0 aromatic rings. The molecule has 1 aliphatic rings. The lowest BCUT2D eigenvalue weighted by Crippen LogP contribution is -2.47. The van der Waals surface area contributed by atoms with E-state index in [9.17, 15) is 5.11 Å². The number of piperidine rings is 1. The summed E-state index contributed by atoms with van der Waals surface area (Å²) in [6, 6.07) is 0.737. The van der Waals surface area contributed by atoms with Gasteiger partial charge in [0.15, 0.2) is 0 Å². The van der Waals surface area contributed by atoms with Crippen molar-refractivity contribution in [2.45, 2.75) is 65.0 Å². The van der Waals surface area contributed by atoms with Gasteiger partial charge in [-0.1, -0.05) is 13.8 Å². The molecule has 0 amide bonds. The molecule has 108 valence electrons. The van der Waals surface area contributed by atoms with E-state index in [0.29, 0.717) is 0 Å². The van der Waals surface area contributed by atoms with Gasteiger partial charge in [0.25, 0.3) is 0 Å². The monoisotopic (exact) mass is 256 g/mol. The van der Waals surface area contributed by atoms with E-state index in [4.69, 9.17) is 0 Å². The van der Waals surface area contributed by atoms with Crippen LogP contribution < -0.4 is 5.32 Å². The first kappa shape index (κ1) is 15.9. The van der Waals surface area contributed by atoms with Crippen LogP contribution in [0.3, 0.4) is 0 Å². The summed E-state index contributed by atoms with van der Waals surface area (Å²) in [6.07, 6.45) is 4.94. The lowest BCUT2D eigenvalue weighted by atomic mass is 9.93. The molecule has 0 spiro atoms. The normalized spacial score (nSPS) is 29.2. The van der Waals surface area contributed by atoms with Gasteiger partial charge in [-0.2, -0.15) is 0 Å². The van der Waals surface area contributed by atoms with E-state index in [-0.39, 0.29) is 12.1 Å². The average molecular weight is 256 g/mol. The van der Waals surface area contributed by atoms with Crippen LogP contribution in [0.15, 0.2) is 0 Å². The highest BCUT2D eigenvalue weighted by Gasteiger charge is 2.25. The quantitative estimate of drug-likeness (QED) is 0.733. The van der Waals surface area contributed by atoms with E-state index in [2.05, 4.69) is 37.9 Å². The SMILES string of the molecule is CCNC(C)(CO)CCCN1CC(C)CCC1C. The summed E-state index contributed by atoms with van der Waals surface area (Å²) in [5.74, 6) is 0.846. The van der Waals surface area contributed by atoms with Gasteiger partial charge >= 0.3 is 0 Å². The molecule has 2 N–H and O–H groups in total. The molecule has 1 aliphatic heterocycles. The molecule has 0 aliphatic carbocycles. The molecule has 0 radical (unpaired) electrons. The fourth-order valence-electron chi connectivity index (χ4n) is 3.01. The third-order valence-corrected chi connectivity index (χ3v) is 4.37. The Bertz CT molecular complexity index is 235. The molecule has 3 unspecified atom stereocenters. The molecular weight excluding hydrogens is 224 g/mol. The molecule has 18 heavy (non-hydrogen) atoms. The standard InChI is InChI=1S/C15H32N2O/c1-5-16-15(4,12-18)9-6-10-17-11-13(2)7-8-14(17)3/h13-14,16,18H,5-12H2,1-4H3. The fraction of sp³-hybridized carbons (Fsp3) is 1.00. The smallest absolute Gasteiger partial charge is 0.0610 e. The highest BCUT2D eigenvalue weighted by Crippen LogP contribution is 2.22.